The molecule has 0 bridgehead atoms. The maximum atomic E-state index is 12.4. The van der Waals surface area contributed by atoms with Crippen LogP contribution in [0.3, 0.4) is 0 Å². The fourth-order valence-corrected chi connectivity index (χ4v) is 4.17. The Hall–Kier alpha value is -1.97. The molecule has 0 atom stereocenters. The topological polar surface area (TPSA) is 82.6 Å². The molecule has 1 N–H and O–H groups in total. The Morgan fingerprint density at radius 2 is 1.78 bits per heavy atom. The quantitative estimate of drug-likeness (QED) is 0.722. The number of hydrogen-bond acceptors (Lipinski definition) is 5. The summed E-state index contributed by atoms with van der Waals surface area (Å²) in [4.78, 5) is 20.8. The molecule has 1 amide bonds. The predicted octanol–water partition coefficient (Wildman–Crippen LogP) is 1.86. The van der Waals surface area contributed by atoms with Crippen molar-refractivity contribution in [3.8, 4) is 0 Å². The number of amides is 1. The van der Waals surface area contributed by atoms with Gasteiger partial charge in [-0.1, -0.05) is 22.0 Å². The van der Waals surface area contributed by atoms with Crippen LogP contribution in [0.15, 0.2) is 58.0 Å². The molecule has 1 aliphatic heterocycles. The summed E-state index contributed by atoms with van der Waals surface area (Å²) in [6.45, 7) is 2.72. The minimum atomic E-state index is -3.61. The Morgan fingerprint density at radius 1 is 1.07 bits per heavy atom. The van der Waals surface area contributed by atoms with E-state index >= 15 is 0 Å². The second-order valence-corrected chi connectivity index (χ2v) is 8.84. The number of rotatable bonds is 6. The SMILES string of the molecule is O=C(CCNS(=O)(=O)c1ccc(Br)cc1)N1CCN(c2ccccn2)CC1. The fourth-order valence-electron chi connectivity index (χ4n) is 2.87. The highest BCUT2D eigenvalue weighted by molar-refractivity contribution is 9.10. The van der Waals surface area contributed by atoms with Crippen molar-refractivity contribution in [3.05, 3.63) is 53.1 Å². The number of nitrogens with zero attached hydrogens (tertiary/aromatic N) is 3. The van der Waals surface area contributed by atoms with Gasteiger partial charge in [0.1, 0.15) is 5.82 Å². The Balaban J connectivity index is 1.45. The van der Waals surface area contributed by atoms with Gasteiger partial charge in [0, 0.05) is 49.8 Å². The van der Waals surface area contributed by atoms with E-state index in [0.717, 1.165) is 10.3 Å². The van der Waals surface area contributed by atoms with Crippen molar-refractivity contribution in [2.45, 2.75) is 11.3 Å². The van der Waals surface area contributed by atoms with Crippen LogP contribution in [0.2, 0.25) is 0 Å². The van der Waals surface area contributed by atoms with Gasteiger partial charge < -0.3 is 9.80 Å². The number of anilines is 1. The first-order chi connectivity index (χ1) is 13.0. The first-order valence-electron chi connectivity index (χ1n) is 8.65. The number of piperazine rings is 1. The second kappa shape index (κ2) is 8.81. The largest absolute Gasteiger partial charge is 0.353 e. The lowest BCUT2D eigenvalue weighted by Crippen LogP contribution is -2.49. The number of carbonyl (C=O) groups excluding carboxylic acids is 1. The zero-order valence-corrected chi connectivity index (χ0v) is 17.1. The van der Waals surface area contributed by atoms with Crippen molar-refractivity contribution < 1.29 is 13.2 Å². The molecule has 1 aromatic carbocycles. The molecule has 9 heteroatoms. The molecular weight excluding hydrogens is 432 g/mol. The molecule has 3 rings (SSSR count). The molecule has 2 heterocycles. The van der Waals surface area contributed by atoms with Gasteiger partial charge in [0.25, 0.3) is 0 Å². The Labute approximate surface area is 167 Å². The molecule has 27 heavy (non-hydrogen) atoms. The summed E-state index contributed by atoms with van der Waals surface area (Å²) in [7, 11) is -3.61. The maximum Gasteiger partial charge on any atom is 0.240 e. The second-order valence-electron chi connectivity index (χ2n) is 6.16. The molecule has 0 aliphatic carbocycles. The number of benzene rings is 1. The van der Waals surface area contributed by atoms with Crippen molar-refractivity contribution >= 4 is 37.7 Å². The van der Waals surface area contributed by atoms with E-state index in [1.54, 1.807) is 23.2 Å². The van der Waals surface area contributed by atoms with E-state index in [1.165, 1.54) is 12.1 Å². The van der Waals surface area contributed by atoms with Crippen LogP contribution in [0.4, 0.5) is 5.82 Å². The minimum Gasteiger partial charge on any atom is -0.353 e. The van der Waals surface area contributed by atoms with Gasteiger partial charge >= 0.3 is 0 Å². The number of sulfonamides is 1. The number of halogens is 1. The van der Waals surface area contributed by atoms with E-state index in [-0.39, 0.29) is 23.8 Å². The van der Waals surface area contributed by atoms with Gasteiger partial charge in [-0.2, -0.15) is 0 Å². The monoisotopic (exact) mass is 452 g/mol. The van der Waals surface area contributed by atoms with Gasteiger partial charge in [0.2, 0.25) is 15.9 Å². The molecule has 1 saturated heterocycles. The van der Waals surface area contributed by atoms with E-state index < -0.39 is 10.0 Å². The number of aromatic nitrogens is 1. The smallest absolute Gasteiger partial charge is 0.240 e. The first kappa shape index (κ1) is 19.8. The van der Waals surface area contributed by atoms with Crippen LogP contribution < -0.4 is 9.62 Å². The molecular formula is C18H21BrN4O3S. The molecule has 0 unspecified atom stereocenters. The van der Waals surface area contributed by atoms with E-state index in [4.69, 9.17) is 0 Å². The van der Waals surface area contributed by atoms with Crippen molar-refractivity contribution in [1.29, 1.82) is 0 Å². The standard InChI is InChI=1S/C18H21BrN4O3S/c19-15-4-6-16(7-5-15)27(25,26)21-10-8-18(24)23-13-11-22(12-14-23)17-3-1-2-9-20-17/h1-7,9,21H,8,10-14H2. The van der Waals surface area contributed by atoms with Crippen LogP contribution in [0, 0.1) is 0 Å². The van der Waals surface area contributed by atoms with E-state index in [9.17, 15) is 13.2 Å². The Kier molecular flexibility index (Phi) is 6.46. The van der Waals surface area contributed by atoms with E-state index in [2.05, 4.69) is 30.5 Å². The highest BCUT2D eigenvalue weighted by atomic mass is 79.9. The highest BCUT2D eigenvalue weighted by Crippen LogP contribution is 2.15. The van der Waals surface area contributed by atoms with Crippen LogP contribution in [0.5, 0.6) is 0 Å². The normalized spacial score (nSPS) is 15.0. The predicted molar refractivity (Wildman–Crippen MR) is 107 cm³/mol. The number of hydrogen-bond donors (Lipinski definition) is 1. The third-order valence-corrected chi connectivity index (χ3v) is 6.37. The van der Waals surface area contributed by atoms with Crippen molar-refractivity contribution in [3.63, 3.8) is 0 Å². The zero-order valence-electron chi connectivity index (χ0n) is 14.7. The number of nitrogens with one attached hydrogen (secondary N) is 1. The van der Waals surface area contributed by atoms with Gasteiger partial charge in [0.05, 0.1) is 4.90 Å². The average molecular weight is 453 g/mol. The molecule has 0 spiro atoms. The van der Waals surface area contributed by atoms with Crippen LogP contribution in [0.1, 0.15) is 6.42 Å². The Bertz CT molecular complexity index is 867. The molecule has 1 fully saturated rings. The van der Waals surface area contributed by atoms with Crippen molar-refractivity contribution in [2.24, 2.45) is 0 Å². The summed E-state index contributed by atoms with van der Waals surface area (Å²) in [5.41, 5.74) is 0. The Morgan fingerprint density at radius 3 is 2.41 bits per heavy atom. The molecule has 0 saturated carbocycles. The van der Waals surface area contributed by atoms with Crippen LogP contribution in [-0.2, 0) is 14.8 Å². The van der Waals surface area contributed by atoms with Gasteiger partial charge in [-0.05, 0) is 36.4 Å². The zero-order chi connectivity index (χ0) is 19.3. The van der Waals surface area contributed by atoms with Gasteiger partial charge in [-0.25, -0.2) is 18.1 Å². The maximum absolute atomic E-state index is 12.4. The van der Waals surface area contributed by atoms with Crippen LogP contribution >= 0.6 is 15.9 Å². The molecule has 2 aromatic rings. The van der Waals surface area contributed by atoms with Crippen molar-refractivity contribution in [2.75, 3.05) is 37.6 Å². The third-order valence-electron chi connectivity index (χ3n) is 4.36. The molecule has 144 valence electrons. The van der Waals surface area contributed by atoms with Crippen LogP contribution in [-0.4, -0.2) is 56.9 Å². The lowest BCUT2D eigenvalue weighted by atomic mass is 10.2. The summed E-state index contributed by atoms with van der Waals surface area (Å²) >= 11 is 3.27. The molecule has 0 radical (unpaired) electrons. The molecule has 1 aliphatic rings. The average Bonchev–Trinajstić information content (AvgIpc) is 2.69. The molecule has 1 aromatic heterocycles. The number of carbonyl (C=O) groups is 1. The lowest BCUT2D eigenvalue weighted by Gasteiger charge is -2.35. The summed E-state index contributed by atoms with van der Waals surface area (Å²) < 4.78 is 27.8. The van der Waals surface area contributed by atoms with Gasteiger partial charge in [-0.15, -0.1) is 0 Å². The first-order valence-corrected chi connectivity index (χ1v) is 10.9. The summed E-state index contributed by atoms with van der Waals surface area (Å²) in [5.74, 6) is 0.862. The third kappa shape index (κ3) is 5.27. The lowest BCUT2D eigenvalue weighted by molar-refractivity contribution is -0.131. The number of pyridine rings is 1. The van der Waals surface area contributed by atoms with E-state index in [1.807, 2.05) is 18.2 Å². The van der Waals surface area contributed by atoms with E-state index in [0.29, 0.717) is 26.2 Å². The van der Waals surface area contributed by atoms with Crippen LogP contribution in [0.25, 0.3) is 0 Å². The summed E-state index contributed by atoms with van der Waals surface area (Å²) in [6.07, 6.45) is 1.89. The van der Waals surface area contributed by atoms with Gasteiger partial charge in [0.15, 0.2) is 0 Å². The molecule has 7 nitrogen and oxygen atoms in total. The van der Waals surface area contributed by atoms with Gasteiger partial charge in [-0.3, -0.25) is 4.79 Å². The summed E-state index contributed by atoms with van der Waals surface area (Å²) in [6, 6.07) is 12.1. The minimum absolute atomic E-state index is 0.0471. The van der Waals surface area contributed by atoms with Crippen molar-refractivity contribution in [1.82, 2.24) is 14.6 Å². The summed E-state index contributed by atoms with van der Waals surface area (Å²) in [5, 5.41) is 0. The highest BCUT2D eigenvalue weighted by Gasteiger charge is 2.22. The fraction of sp³-hybridized carbons (Fsp3) is 0.333.